The van der Waals surface area contributed by atoms with E-state index in [-0.39, 0.29) is 29.9 Å². The van der Waals surface area contributed by atoms with Gasteiger partial charge in [0.15, 0.2) is 0 Å². The molecule has 0 N–H and O–H groups in total. The molecule has 1 aliphatic heterocycles. The summed E-state index contributed by atoms with van der Waals surface area (Å²) in [5.74, 6) is 0.619. The number of ether oxygens (including phenoxy) is 2. The van der Waals surface area contributed by atoms with Crippen LogP contribution in [0.3, 0.4) is 0 Å². The number of hydrogen-bond acceptors (Lipinski definition) is 4. The lowest BCUT2D eigenvalue weighted by Gasteiger charge is -2.24. The highest BCUT2D eigenvalue weighted by atomic mass is 16.6. The van der Waals surface area contributed by atoms with Crippen molar-refractivity contribution in [2.75, 3.05) is 6.61 Å². The van der Waals surface area contributed by atoms with Crippen molar-refractivity contribution in [2.24, 2.45) is 23.7 Å². The van der Waals surface area contributed by atoms with E-state index < -0.39 is 0 Å². The summed E-state index contributed by atoms with van der Waals surface area (Å²) in [6, 6.07) is 0. The molecule has 3 aliphatic rings. The van der Waals surface area contributed by atoms with E-state index in [4.69, 9.17) is 9.47 Å². The van der Waals surface area contributed by atoms with Gasteiger partial charge in [-0.2, -0.15) is 0 Å². The molecule has 0 aromatic carbocycles. The van der Waals surface area contributed by atoms with E-state index in [1.54, 1.807) is 0 Å². The summed E-state index contributed by atoms with van der Waals surface area (Å²) in [6.07, 6.45) is 4.83. The normalized spacial score (nSPS) is 38.2. The van der Waals surface area contributed by atoms with Crippen LogP contribution in [0.2, 0.25) is 0 Å². The molecular weight excluding hydrogens is 268 g/mol. The van der Waals surface area contributed by atoms with E-state index in [1.165, 1.54) is 18.1 Å². The molecule has 114 valence electrons. The minimum absolute atomic E-state index is 0.0134. The first-order valence-electron chi connectivity index (χ1n) is 7.67. The summed E-state index contributed by atoms with van der Waals surface area (Å²) in [4.78, 5) is 22.9. The number of carbonyl (C=O) groups excluding carboxylic acids is 2. The lowest BCUT2D eigenvalue weighted by molar-refractivity contribution is -0.144. The quantitative estimate of drug-likeness (QED) is 0.579. The van der Waals surface area contributed by atoms with Crippen LogP contribution in [-0.4, -0.2) is 24.6 Å². The van der Waals surface area contributed by atoms with Crippen LogP contribution in [0.4, 0.5) is 0 Å². The molecule has 0 radical (unpaired) electrons. The summed E-state index contributed by atoms with van der Waals surface area (Å²) in [5.41, 5.74) is 2.35. The van der Waals surface area contributed by atoms with E-state index in [9.17, 15) is 9.59 Å². The molecule has 0 spiro atoms. The molecular formula is C17H22O4. The fourth-order valence-electron chi connectivity index (χ4n) is 4.06. The third-order valence-electron chi connectivity index (χ3n) is 5.31. The first-order chi connectivity index (χ1) is 9.97. The highest BCUT2D eigenvalue weighted by Gasteiger charge is 2.48. The third kappa shape index (κ3) is 2.52. The molecule has 5 unspecified atom stereocenters. The SMILES string of the molecule is C=C1CC2OC(=O)C(C)C2CC2C(COC(C)=O)=CCC12. The van der Waals surface area contributed by atoms with Gasteiger partial charge in [0.1, 0.15) is 12.7 Å². The van der Waals surface area contributed by atoms with Crippen LogP contribution in [0.5, 0.6) is 0 Å². The van der Waals surface area contributed by atoms with Gasteiger partial charge in [-0.15, -0.1) is 0 Å². The average molecular weight is 290 g/mol. The smallest absolute Gasteiger partial charge is 0.309 e. The zero-order valence-electron chi connectivity index (χ0n) is 12.6. The van der Waals surface area contributed by atoms with Crippen molar-refractivity contribution in [1.29, 1.82) is 0 Å². The van der Waals surface area contributed by atoms with E-state index >= 15 is 0 Å². The van der Waals surface area contributed by atoms with Gasteiger partial charge in [0, 0.05) is 19.3 Å². The summed E-state index contributed by atoms with van der Waals surface area (Å²) >= 11 is 0. The molecule has 21 heavy (non-hydrogen) atoms. The zero-order valence-corrected chi connectivity index (χ0v) is 12.6. The second-order valence-corrected chi connectivity index (χ2v) is 6.53. The number of carbonyl (C=O) groups is 2. The zero-order chi connectivity index (χ0) is 15.1. The molecule has 0 bridgehead atoms. The first-order valence-corrected chi connectivity index (χ1v) is 7.67. The Bertz CT molecular complexity index is 519. The lowest BCUT2D eigenvalue weighted by atomic mass is 9.80. The predicted octanol–water partition coefficient (Wildman–Crippen LogP) is 2.64. The van der Waals surface area contributed by atoms with Crippen LogP contribution in [0.15, 0.2) is 23.8 Å². The Morgan fingerprint density at radius 1 is 1.48 bits per heavy atom. The van der Waals surface area contributed by atoms with Crippen molar-refractivity contribution in [3.63, 3.8) is 0 Å². The number of allylic oxidation sites excluding steroid dienone is 1. The summed E-state index contributed by atoms with van der Waals surface area (Å²) in [5, 5.41) is 0. The number of hydrogen-bond donors (Lipinski definition) is 0. The molecule has 3 rings (SSSR count). The molecule has 0 aromatic heterocycles. The van der Waals surface area contributed by atoms with Gasteiger partial charge >= 0.3 is 11.9 Å². The second-order valence-electron chi connectivity index (χ2n) is 6.53. The molecule has 2 fully saturated rings. The van der Waals surface area contributed by atoms with Gasteiger partial charge < -0.3 is 9.47 Å². The second kappa shape index (κ2) is 5.32. The Kier molecular flexibility index (Phi) is 3.64. The molecule has 1 saturated heterocycles. The van der Waals surface area contributed by atoms with Crippen LogP contribution in [0.1, 0.15) is 33.1 Å². The molecule has 1 heterocycles. The highest BCUT2D eigenvalue weighted by molar-refractivity contribution is 5.75. The standard InChI is InChI=1S/C17H22O4/c1-9-6-16-14(10(2)17(19)21-16)7-15-12(4-5-13(9)15)8-20-11(3)18/h4,10,13-16H,1,5-8H2,2-3H3. The Labute approximate surface area is 125 Å². The minimum Gasteiger partial charge on any atom is -0.461 e. The van der Waals surface area contributed by atoms with Gasteiger partial charge in [-0.3, -0.25) is 9.59 Å². The van der Waals surface area contributed by atoms with Crippen LogP contribution in [0.25, 0.3) is 0 Å². The number of fused-ring (bicyclic) bond motifs is 2. The molecule has 2 aliphatic carbocycles. The van der Waals surface area contributed by atoms with E-state index in [0.717, 1.165) is 19.3 Å². The van der Waals surface area contributed by atoms with E-state index in [0.29, 0.717) is 18.4 Å². The van der Waals surface area contributed by atoms with E-state index in [2.05, 4.69) is 12.7 Å². The Morgan fingerprint density at radius 2 is 2.24 bits per heavy atom. The van der Waals surface area contributed by atoms with Gasteiger partial charge in [0.05, 0.1) is 5.92 Å². The van der Waals surface area contributed by atoms with Crippen molar-refractivity contribution >= 4 is 11.9 Å². The van der Waals surface area contributed by atoms with Gasteiger partial charge in [-0.1, -0.05) is 25.2 Å². The minimum atomic E-state index is -0.252. The monoisotopic (exact) mass is 290 g/mol. The van der Waals surface area contributed by atoms with Crippen molar-refractivity contribution in [3.05, 3.63) is 23.8 Å². The fraction of sp³-hybridized carbons (Fsp3) is 0.647. The highest BCUT2D eigenvalue weighted by Crippen LogP contribution is 2.49. The molecule has 0 aromatic rings. The van der Waals surface area contributed by atoms with Crippen LogP contribution in [-0.2, 0) is 19.1 Å². The Balaban J connectivity index is 1.79. The first kappa shape index (κ1) is 14.4. The van der Waals surface area contributed by atoms with Crippen LogP contribution >= 0.6 is 0 Å². The predicted molar refractivity (Wildman–Crippen MR) is 77.2 cm³/mol. The lowest BCUT2D eigenvalue weighted by Crippen LogP contribution is -2.22. The summed E-state index contributed by atoms with van der Waals surface area (Å²) < 4.78 is 10.7. The fourth-order valence-corrected chi connectivity index (χ4v) is 4.06. The maximum absolute atomic E-state index is 11.8. The topological polar surface area (TPSA) is 52.6 Å². The Hall–Kier alpha value is -1.58. The summed E-state index contributed by atoms with van der Waals surface area (Å²) in [6.45, 7) is 7.98. The van der Waals surface area contributed by atoms with Crippen LogP contribution < -0.4 is 0 Å². The molecule has 4 heteroatoms. The Morgan fingerprint density at radius 3 is 2.95 bits per heavy atom. The average Bonchev–Trinajstić information content (AvgIpc) is 2.89. The molecule has 4 nitrogen and oxygen atoms in total. The van der Waals surface area contributed by atoms with Crippen molar-refractivity contribution in [2.45, 2.75) is 39.2 Å². The maximum atomic E-state index is 11.8. The van der Waals surface area contributed by atoms with Gasteiger partial charge in [0.2, 0.25) is 0 Å². The van der Waals surface area contributed by atoms with Crippen LogP contribution in [0, 0.1) is 23.7 Å². The van der Waals surface area contributed by atoms with Gasteiger partial charge in [0.25, 0.3) is 0 Å². The number of esters is 2. The van der Waals surface area contributed by atoms with Crippen molar-refractivity contribution < 1.29 is 19.1 Å². The van der Waals surface area contributed by atoms with Crippen molar-refractivity contribution in [1.82, 2.24) is 0 Å². The largest absolute Gasteiger partial charge is 0.461 e. The molecule has 5 atom stereocenters. The van der Waals surface area contributed by atoms with Gasteiger partial charge in [-0.25, -0.2) is 0 Å². The number of rotatable bonds is 2. The van der Waals surface area contributed by atoms with Gasteiger partial charge in [-0.05, 0) is 30.3 Å². The van der Waals surface area contributed by atoms with Crippen molar-refractivity contribution in [3.8, 4) is 0 Å². The van der Waals surface area contributed by atoms with E-state index in [1.807, 2.05) is 6.92 Å². The molecule has 0 amide bonds. The maximum Gasteiger partial charge on any atom is 0.309 e. The third-order valence-corrected chi connectivity index (χ3v) is 5.31. The molecule has 1 saturated carbocycles. The summed E-state index contributed by atoms with van der Waals surface area (Å²) in [7, 11) is 0.